The Hall–Kier alpha value is -2.27. The molecule has 0 saturated heterocycles. The van der Waals surface area contributed by atoms with Crippen LogP contribution in [0, 0.1) is 12.8 Å². The van der Waals surface area contributed by atoms with E-state index in [-0.39, 0.29) is 11.9 Å². The summed E-state index contributed by atoms with van der Waals surface area (Å²) < 4.78 is 0. The molecule has 0 bridgehead atoms. The Bertz CT molecular complexity index is 869. The summed E-state index contributed by atoms with van der Waals surface area (Å²) in [6, 6.07) is 11.6. The largest absolute Gasteiger partial charge is 0.341 e. The first-order valence-corrected chi connectivity index (χ1v) is 8.67. The Kier molecular flexibility index (Phi) is 3.58. The van der Waals surface area contributed by atoms with Gasteiger partial charge in [-0.2, -0.15) is 0 Å². The van der Waals surface area contributed by atoms with E-state index in [1.165, 1.54) is 0 Å². The van der Waals surface area contributed by atoms with E-state index in [4.69, 9.17) is 0 Å². The molecule has 23 heavy (non-hydrogen) atoms. The first-order chi connectivity index (χ1) is 11.2. The van der Waals surface area contributed by atoms with Gasteiger partial charge in [0.05, 0.1) is 11.6 Å². The average molecular weight is 323 g/mol. The number of carbonyl (C=O) groups excluding carboxylic acids is 1. The van der Waals surface area contributed by atoms with E-state index in [0.717, 1.165) is 34.4 Å². The average Bonchev–Trinajstić information content (AvgIpc) is 3.33. The van der Waals surface area contributed by atoms with Crippen molar-refractivity contribution in [3.8, 4) is 0 Å². The third-order valence-electron chi connectivity index (χ3n) is 4.11. The zero-order valence-corrected chi connectivity index (χ0v) is 13.6. The number of carbonyl (C=O) groups is 1. The zero-order valence-electron chi connectivity index (χ0n) is 12.8. The van der Waals surface area contributed by atoms with Gasteiger partial charge in [0.15, 0.2) is 0 Å². The van der Waals surface area contributed by atoms with Crippen LogP contribution in [-0.2, 0) is 0 Å². The Morgan fingerprint density at radius 2 is 2.04 bits per heavy atom. The lowest BCUT2D eigenvalue weighted by Gasteiger charge is -2.15. The number of hydrogen-bond acceptors (Lipinski definition) is 4. The number of para-hydroxylation sites is 1. The van der Waals surface area contributed by atoms with Crippen LogP contribution in [0.4, 0.5) is 0 Å². The summed E-state index contributed by atoms with van der Waals surface area (Å²) in [5.74, 6) is 0.380. The molecule has 1 amide bonds. The van der Waals surface area contributed by atoms with Gasteiger partial charge in [-0.1, -0.05) is 24.3 Å². The van der Waals surface area contributed by atoms with Gasteiger partial charge >= 0.3 is 0 Å². The molecule has 0 radical (unpaired) electrons. The molecule has 116 valence electrons. The third kappa shape index (κ3) is 2.97. The molecule has 0 spiro atoms. The SMILES string of the molecule is Cc1csc([C@H](NC(=O)c2ccc3ccccc3n2)C2CC2)n1. The third-order valence-corrected chi connectivity index (χ3v) is 5.16. The van der Waals surface area contributed by atoms with Crippen LogP contribution in [0.5, 0.6) is 0 Å². The van der Waals surface area contributed by atoms with Crippen molar-refractivity contribution >= 4 is 28.1 Å². The predicted molar refractivity (Wildman–Crippen MR) is 91.5 cm³/mol. The number of nitrogens with zero attached hydrogens (tertiary/aromatic N) is 2. The summed E-state index contributed by atoms with van der Waals surface area (Å²) in [5.41, 5.74) is 2.31. The molecule has 1 N–H and O–H groups in total. The van der Waals surface area contributed by atoms with Crippen LogP contribution >= 0.6 is 11.3 Å². The van der Waals surface area contributed by atoms with Gasteiger partial charge in [0.1, 0.15) is 10.7 Å². The highest BCUT2D eigenvalue weighted by Crippen LogP contribution is 2.41. The lowest BCUT2D eigenvalue weighted by atomic mass is 10.1. The summed E-state index contributed by atoms with van der Waals surface area (Å²) in [6.07, 6.45) is 2.30. The topological polar surface area (TPSA) is 54.9 Å². The van der Waals surface area contributed by atoms with Gasteiger partial charge in [0.2, 0.25) is 0 Å². The maximum atomic E-state index is 12.6. The minimum Gasteiger partial charge on any atom is -0.341 e. The second kappa shape index (κ2) is 5.74. The molecule has 1 aliphatic carbocycles. The molecule has 5 heteroatoms. The Balaban J connectivity index is 1.59. The highest BCUT2D eigenvalue weighted by molar-refractivity contribution is 7.09. The molecule has 1 saturated carbocycles. The minimum atomic E-state index is -0.125. The van der Waals surface area contributed by atoms with E-state index < -0.39 is 0 Å². The number of aryl methyl sites for hydroxylation is 1. The van der Waals surface area contributed by atoms with Gasteiger partial charge < -0.3 is 5.32 Å². The monoisotopic (exact) mass is 323 g/mol. The fourth-order valence-electron chi connectivity index (χ4n) is 2.73. The molecule has 2 aromatic heterocycles. The molecule has 1 aliphatic rings. The van der Waals surface area contributed by atoms with Crippen molar-refractivity contribution in [2.24, 2.45) is 5.92 Å². The summed E-state index contributed by atoms with van der Waals surface area (Å²) in [5, 5.41) is 7.21. The highest BCUT2D eigenvalue weighted by Gasteiger charge is 2.35. The number of pyridine rings is 1. The minimum absolute atomic E-state index is 0.00877. The van der Waals surface area contributed by atoms with Gasteiger partial charge in [-0.25, -0.2) is 9.97 Å². The fraction of sp³-hybridized carbons (Fsp3) is 0.278. The van der Waals surface area contributed by atoms with Crippen LogP contribution in [0.2, 0.25) is 0 Å². The Morgan fingerprint density at radius 1 is 1.22 bits per heavy atom. The standard InChI is InChI=1S/C18H17N3OS/c1-11-10-23-18(19-11)16(13-6-7-13)21-17(22)15-9-8-12-4-2-3-5-14(12)20-15/h2-5,8-10,13,16H,6-7H2,1H3,(H,21,22)/t16-/m1/s1. The fourth-order valence-corrected chi connectivity index (χ4v) is 3.67. The molecule has 0 aliphatic heterocycles. The van der Waals surface area contributed by atoms with Crippen LogP contribution in [-0.4, -0.2) is 15.9 Å². The first-order valence-electron chi connectivity index (χ1n) is 7.79. The van der Waals surface area contributed by atoms with Crippen molar-refractivity contribution in [3.63, 3.8) is 0 Å². The van der Waals surface area contributed by atoms with E-state index >= 15 is 0 Å². The number of nitrogens with one attached hydrogen (secondary N) is 1. The molecular formula is C18H17N3OS. The lowest BCUT2D eigenvalue weighted by Crippen LogP contribution is -2.30. The molecule has 3 aromatic rings. The number of fused-ring (bicyclic) bond motifs is 1. The van der Waals surface area contributed by atoms with Crippen LogP contribution in [0.25, 0.3) is 10.9 Å². The zero-order chi connectivity index (χ0) is 15.8. The van der Waals surface area contributed by atoms with Crippen molar-refractivity contribution in [2.45, 2.75) is 25.8 Å². The number of amides is 1. The van der Waals surface area contributed by atoms with Gasteiger partial charge in [0, 0.05) is 16.5 Å². The number of aromatic nitrogens is 2. The smallest absolute Gasteiger partial charge is 0.270 e. The molecular weight excluding hydrogens is 306 g/mol. The van der Waals surface area contributed by atoms with Crippen molar-refractivity contribution in [1.29, 1.82) is 0 Å². The van der Waals surface area contributed by atoms with Crippen molar-refractivity contribution < 1.29 is 4.79 Å². The highest BCUT2D eigenvalue weighted by atomic mass is 32.1. The summed E-state index contributed by atoms with van der Waals surface area (Å²) >= 11 is 1.62. The van der Waals surface area contributed by atoms with E-state index in [1.807, 2.05) is 42.6 Å². The maximum Gasteiger partial charge on any atom is 0.270 e. The van der Waals surface area contributed by atoms with Crippen molar-refractivity contribution in [3.05, 3.63) is 58.2 Å². The summed E-state index contributed by atoms with van der Waals surface area (Å²) in [7, 11) is 0. The van der Waals surface area contributed by atoms with Gasteiger partial charge in [-0.05, 0) is 37.8 Å². The molecule has 0 unspecified atom stereocenters. The van der Waals surface area contributed by atoms with Gasteiger partial charge in [-0.15, -0.1) is 11.3 Å². The second-order valence-corrected chi connectivity index (χ2v) is 6.89. The normalized spacial score (nSPS) is 15.5. The van der Waals surface area contributed by atoms with Crippen molar-refractivity contribution in [1.82, 2.24) is 15.3 Å². The lowest BCUT2D eigenvalue weighted by molar-refractivity contribution is 0.0927. The number of benzene rings is 1. The molecule has 4 nitrogen and oxygen atoms in total. The van der Waals surface area contributed by atoms with Crippen LogP contribution in [0.3, 0.4) is 0 Å². The second-order valence-electron chi connectivity index (χ2n) is 6.00. The van der Waals surface area contributed by atoms with Crippen LogP contribution < -0.4 is 5.32 Å². The number of rotatable bonds is 4. The number of hydrogen-bond donors (Lipinski definition) is 1. The number of thiazole rings is 1. The van der Waals surface area contributed by atoms with Crippen molar-refractivity contribution in [2.75, 3.05) is 0 Å². The van der Waals surface area contributed by atoms with Crippen LogP contribution in [0.1, 0.15) is 40.1 Å². The Labute approximate surface area is 138 Å². The van der Waals surface area contributed by atoms with E-state index in [1.54, 1.807) is 17.4 Å². The van der Waals surface area contributed by atoms with E-state index in [2.05, 4.69) is 15.3 Å². The molecule has 1 atom stereocenters. The predicted octanol–water partition coefficient (Wildman–Crippen LogP) is 3.88. The summed E-state index contributed by atoms with van der Waals surface area (Å²) in [6.45, 7) is 1.98. The quantitative estimate of drug-likeness (QED) is 0.792. The molecule has 2 heterocycles. The summed E-state index contributed by atoms with van der Waals surface area (Å²) in [4.78, 5) is 21.6. The molecule has 1 aromatic carbocycles. The molecule has 1 fully saturated rings. The van der Waals surface area contributed by atoms with E-state index in [0.29, 0.717) is 11.6 Å². The Morgan fingerprint density at radius 3 is 2.78 bits per heavy atom. The van der Waals surface area contributed by atoms with Crippen LogP contribution in [0.15, 0.2) is 41.8 Å². The first kappa shape index (κ1) is 14.3. The van der Waals surface area contributed by atoms with E-state index in [9.17, 15) is 4.79 Å². The molecule has 4 rings (SSSR count). The van der Waals surface area contributed by atoms with Gasteiger partial charge in [-0.3, -0.25) is 4.79 Å². The van der Waals surface area contributed by atoms with Gasteiger partial charge in [0.25, 0.3) is 5.91 Å². The maximum absolute atomic E-state index is 12.6.